The lowest BCUT2D eigenvalue weighted by molar-refractivity contribution is 0.337. The van der Waals surface area contributed by atoms with E-state index >= 15 is 0 Å². The molecule has 0 aliphatic carbocycles. The van der Waals surface area contributed by atoms with E-state index in [9.17, 15) is 12.3 Å². The molecule has 0 spiro atoms. The molecule has 1 aromatic carbocycles. The monoisotopic (exact) mass is 232 g/mol. The second-order valence-corrected chi connectivity index (χ2v) is 4.50. The predicted octanol–water partition coefficient (Wildman–Crippen LogP) is 2.36. The van der Waals surface area contributed by atoms with Crippen LogP contribution in [-0.4, -0.2) is 15.0 Å². The summed E-state index contributed by atoms with van der Waals surface area (Å²) in [4.78, 5) is -0.288. The number of hydrogen-bond acceptors (Lipinski definition) is 3. The Morgan fingerprint density at radius 3 is 2.33 bits per heavy atom. The van der Waals surface area contributed by atoms with Crippen molar-refractivity contribution in [1.82, 2.24) is 0 Å². The zero-order valence-corrected chi connectivity index (χ0v) is 9.69. The topological polar surface area (TPSA) is 43.4 Å². The molecule has 0 atom stereocenters. The molecule has 5 heteroatoms. The van der Waals surface area contributed by atoms with E-state index in [2.05, 4.69) is 0 Å². The third-order valence-corrected chi connectivity index (χ3v) is 3.22. The third kappa shape index (κ3) is 2.47. The average molecular weight is 232 g/mol. The van der Waals surface area contributed by atoms with Crippen LogP contribution < -0.4 is 4.74 Å². The summed E-state index contributed by atoms with van der Waals surface area (Å²) in [5.74, 6) is 0.586. The first-order valence-corrected chi connectivity index (χ1v) is 5.94. The maximum atomic E-state index is 12.8. The maximum absolute atomic E-state index is 12.8. The molecule has 1 rings (SSSR count). The summed E-state index contributed by atoms with van der Waals surface area (Å²) in [6.45, 7) is 5.58. The minimum atomic E-state index is -4.64. The van der Waals surface area contributed by atoms with Gasteiger partial charge in [-0.05, 0) is 44.0 Å². The lowest BCUT2D eigenvalue weighted by Crippen LogP contribution is -2.01. The number of rotatable bonds is 3. The van der Waals surface area contributed by atoms with Gasteiger partial charge in [-0.25, -0.2) is 0 Å². The van der Waals surface area contributed by atoms with E-state index < -0.39 is 10.2 Å². The van der Waals surface area contributed by atoms with Crippen molar-refractivity contribution in [3.05, 3.63) is 23.3 Å². The summed E-state index contributed by atoms with van der Waals surface area (Å²) in [5, 5.41) is 0. The Morgan fingerprint density at radius 1 is 1.27 bits per heavy atom. The summed E-state index contributed by atoms with van der Waals surface area (Å²) in [6, 6.07) is 2.70. The highest BCUT2D eigenvalue weighted by atomic mass is 32.3. The Balaban J connectivity index is 3.34. The molecular weight excluding hydrogens is 219 g/mol. The molecule has 0 aliphatic heterocycles. The van der Waals surface area contributed by atoms with Gasteiger partial charge in [0.25, 0.3) is 0 Å². The van der Waals surface area contributed by atoms with Gasteiger partial charge in [-0.3, -0.25) is 0 Å². The largest absolute Gasteiger partial charge is 0.494 e. The van der Waals surface area contributed by atoms with Gasteiger partial charge in [0.05, 0.1) is 6.61 Å². The Hall–Kier alpha value is -1.10. The van der Waals surface area contributed by atoms with Crippen molar-refractivity contribution in [2.24, 2.45) is 0 Å². The van der Waals surface area contributed by atoms with E-state index in [1.807, 2.05) is 6.92 Å². The molecule has 0 amide bonds. The van der Waals surface area contributed by atoms with Gasteiger partial charge in [0.2, 0.25) is 0 Å². The van der Waals surface area contributed by atoms with Crippen LogP contribution in [0.5, 0.6) is 5.75 Å². The van der Waals surface area contributed by atoms with Crippen LogP contribution in [0.4, 0.5) is 3.89 Å². The highest BCUT2D eigenvalue weighted by molar-refractivity contribution is 7.86. The van der Waals surface area contributed by atoms with Gasteiger partial charge in [-0.15, -0.1) is 3.89 Å². The summed E-state index contributed by atoms with van der Waals surface area (Å²) >= 11 is 0. The van der Waals surface area contributed by atoms with Gasteiger partial charge in [-0.2, -0.15) is 8.42 Å². The average Bonchev–Trinajstić information content (AvgIpc) is 2.11. The molecule has 0 saturated heterocycles. The van der Waals surface area contributed by atoms with Gasteiger partial charge >= 0.3 is 10.2 Å². The second kappa shape index (κ2) is 4.18. The minimum absolute atomic E-state index is 0.288. The molecule has 15 heavy (non-hydrogen) atoms. The SMILES string of the molecule is CCOc1ccc(S(=O)(=O)F)c(C)c1C. The van der Waals surface area contributed by atoms with E-state index in [-0.39, 0.29) is 4.90 Å². The van der Waals surface area contributed by atoms with Crippen molar-refractivity contribution in [3.8, 4) is 5.75 Å². The van der Waals surface area contributed by atoms with Gasteiger partial charge in [-0.1, -0.05) is 0 Å². The zero-order valence-electron chi connectivity index (χ0n) is 8.87. The maximum Gasteiger partial charge on any atom is 0.332 e. The van der Waals surface area contributed by atoms with Crippen LogP contribution in [0, 0.1) is 13.8 Å². The van der Waals surface area contributed by atoms with E-state index in [1.165, 1.54) is 12.1 Å². The van der Waals surface area contributed by atoms with E-state index in [0.717, 1.165) is 0 Å². The van der Waals surface area contributed by atoms with Crippen molar-refractivity contribution in [2.45, 2.75) is 25.7 Å². The summed E-state index contributed by atoms with van der Waals surface area (Å²) in [7, 11) is -4.64. The van der Waals surface area contributed by atoms with Crippen molar-refractivity contribution >= 4 is 10.2 Å². The molecule has 0 aliphatic rings. The Bertz CT molecular complexity index is 466. The molecule has 0 aromatic heterocycles. The molecule has 0 unspecified atom stereocenters. The van der Waals surface area contributed by atoms with Crippen molar-refractivity contribution in [2.75, 3.05) is 6.61 Å². The van der Waals surface area contributed by atoms with E-state index in [4.69, 9.17) is 4.74 Å². The quantitative estimate of drug-likeness (QED) is 0.751. The number of hydrogen-bond donors (Lipinski definition) is 0. The number of ether oxygens (including phenoxy) is 1. The highest BCUT2D eigenvalue weighted by Crippen LogP contribution is 2.27. The fraction of sp³-hybridized carbons (Fsp3) is 0.400. The van der Waals surface area contributed by atoms with E-state index in [0.29, 0.717) is 23.5 Å². The van der Waals surface area contributed by atoms with Gasteiger partial charge < -0.3 is 4.74 Å². The molecule has 0 bridgehead atoms. The third-order valence-electron chi connectivity index (χ3n) is 2.25. The lowest BCUT2D eigenvalue weighted by Gasteiger charge is -2.11. The normalized spacial score (nSPS) is 11.5. The smallest absolute Gasteiger partial charge is 0.332 e. The predicted molar refractivity (Wildman–Crippen MR) is 55.4 cm³/mol. The first-order valence-electron chi connectivity index (χ1n) is 4.55. The van der Waals surface area contributed by atoms with Crippen LogP contribution in [-0.2, 0) is 10.2 Å². The fourth-order valence-corrected chi connectivity index (χ4v) is 2.10. The summed E-state index contributed by atoms with van der Waals surface area (Å²) in [6.07, 6.45) is 0. The molecule has 0 radical (unpaired) electrons. The minimum Gasteiger partial charge on any atom is -0.494 e. The summed E-state index contributed by atoms with van der Waals surface area (Å²) in [5.41, 5.74) is 1.04. The van der Waals surface area contributed by atoms with Gasteiger partial charge in [0.15, 0.2) is 0 Å². The fourth-order valence-electron chi connectivity index (χ4n) is 1.35. The van der Waals surface area contributed by atoms with Gasteiger partial charge in [0.1, 0.15) is 10.6 Å². The van der Waals surface area contributed by atoms with Crippen LogP contribution >= 0.6 is 0 Å². The van der Waals surface area contributed by atoms with Crippen LogP contribution in [0.1, 0.15) is 18.1 Å². The van der Waals surface area contributed by atoms with Crippen LogP contribution in [0.2, 0.25) is 0 Å². The highest BCUT2D eigenvalue weighted by Gasteiger charge is 2.18. The van der Waals surface area contributed by atoms with Crippen molar-refractivity contribution in [3.63, 3.8) is 0 Å². The molecule has 1 aromatic rings. The van der Waals surface area contributed by atoms with E-state index in [1.54, 1.807) is 13.8 Å². The molecule has 0 heterocycles. The summed E-state index contributed by atoms with van der Waals surface area (Å²) < 4.78 is 39.6. The molecule has 0 N–H and O–H groups in total. The molecule has 3 nitrogen and oxygen atoms in total. The first kappa shape index (κ1) is 12.0. The molecule has 0 saturated carbocycles. The lowest BCUT2D eigenvalue weighted by atomic mass is 10.1. The number of halogens is 1. The molecule has 0 fully saturated rings. The second-order valence-electron chi connectivity index (χ2n) is 3.18. The Morgan fingerprint density at radius 2 is 1.87 bits per heavy atom. The zero-order chi connectivity index (χ0) is 11.6. The number of benzene rings is 1. The Kier molecular flexibility index (Phi) is 3.34. The first-order chi connectivity index (χ1) is 6.88. The molecular formula is C10H13FO3S. The van der Waals surface area contributed by atoms with Crippen LogP contribution in [0.3, 0.4) is 0 Å². The van der Waals surface area contributed by atoms with Crippen LogP contribution in [0.15, 0.2) is 17.0 Å². The van der Waals surface area contributed by atoms with Crippen molar-refractivity contribution in [1.29, 1.82) is 0 Å². The molecule has 84 valence electrons. The van der Waals surface area contributed by atoms with Crippen LogP contribution in [0.25, 0.3) is 0 Å². The van der Waals surface area contributed by atoms with Gasteiger partial charge in [0, 0.05) is 0 Å². The Labute approximate surface area is 89.1 Å². The van der Waals surface area contributed by atoms with Crippen molar-refractivity contribution < 1.29 is 17.0 Å². The standard InChI is InChI=1S/C10H13FO3S/c1-4-14-9-5-6-10(15(11,12)13)8(3)7(9)2/h5-6H,4H2,1-3H3.